The Kier molecular flexibility index (Phi) is 19.0. The highest BCUT2D eigenvalue weighted by Crippen LogP contribution is 2.37. The fraction of sp³-hybridized carbons (Fsp3) is 0.581. The van der Waals surface area contributed by atoms with E-state index in [1.54, 1.807) is 106 Å². The summed E-state index contributed by atoms with van der Waals surface area (Å²) in [5, 5.41) is 1.04. The molecule has 0 spiro atoms. The van der Waals surface area contributed by atoms with Gasteiger partial charge < -0.3 is 37.9 Å². The van der Waals surface area contributed by atoms with Crippen molar-refractivity contribution in [2.45, 2.75) is 150 Å². The molecule has 0 radical (unpaired) electrons. The molecule has 0 heterocycles. The molecule has 16 nitrogen and oxygen atoms in total. The van der Waals surface area contributed by atoms with E-state index < -0.39 is 58.8 Å². The molecule has 0 saturated carbocycles. The predicted molar refractivity (Wildman–Crippen MR) is 219 cm³/mol. The first-order chi connectivity index (χ1) is 27.3. The molecule has 2 aromatic carbocycles. The first-order valence-corrected chi connectivity index (χ1v) is 19.6. The van der Waals surface area contributed by atoms with Gasteiger partial charge in [0, 0.05) is 10.8 Å². The molecule has 2 aromatic rings. The van der Waals surface area contributed by atoms with E-state index in [-0.39, 0.29) is 24.7 Å². The van der Waals surface area contributed by atoms with E-state index >= 15 is 0 Å². The van der Waals surface area contributed by atoms with Gasteiger partial charge in [0.2, 0.25) is 0 Å². The summed E-state index contributed by atoms with van der Waals surface area (Å²) in [4.78, 5) is 79.9. The van der Waals surface area contributed by atoms with Crippen LogP contribution in [0.5, 0.6) is 11.5 Å². The number of hydrogen-bond acceptors (Lipinski definition) is 14. The van der Waals surface area contributed by atoms with E-state index in [0.29, 0.717) is 67.7 Å². The number of carbonyl (C=O) groups is 6. The third kappa shape index (κ3) is 21.2. The summed E-state index contributed by atoms with van der Waals surface area (Å²) in [5.74, 6) is -1.00. The van der Waals surface area contributed by atoms with Crippen molar-refractivity contribution in [3.05, 3.63) is 35.9 Å². The standard InChI is InChI=1S/C43H60N2O14/c1-29-26-32(54-38(50)52-24-18-12-16-22-42(8,9)58-36(48)44-27-33(46)56-40(2,3)4)30-20-14-15-21-31(30)35(29)55-39(51)53-25-19-13-17-23-43(10,11)59-37(49)45-28-34(47)57-41(5,6)7/h14-15,20-21,26-28H,12-13,16-19,22-25H2,1-11H3. The van der Waals surface area contributed by atoms with Gasteiger partial charge >= 0.3 is 36.4 Å². The van der Waals surface area contributed by atoms with E-state index in [0.717, 1.165) is 12.4 Å². The van der Waals surface area contributed by atoms with E-state index in [1.807, 2.05) is 0 Å². The molecule has 0 saturated heterocycles. The summed E-state index contributed by atoms with van der Waals surface area (Å²) < 4.78 is 42.6. The summed E-state index contributed by atoms with van der Waals surface area (Å²) in [5.41, 5.74) is -2.57. The molecule has 326 valence electrons. The smallest absolute Gasteiger partial charge is 0.456 e. The summed E-state index contributed by atoms with van der Waals surface area (Å²) in [7, 11) is 0. The van der Waals surface area contributed by atoms with Crippen LogP contribution in [0.4, 0.5) is 19.2 Å². The molecule has 0 unspecified atom stereocenters. The van der Waals surface area contributed by atoms with E-state index in [9.17, 15) is 28.8 Å². The van der Waals surface area contributed by atoms with Gasteiger partial charge in [-0.15, -0.1) is 0 Å². The Labute approximate surface area is 346 Å². The van der Waals surface area contributed by atoms with Crippen LogP contribution in [-0.2, 0) is 38.0 Å². The number of unbranched alkanes of at least 4 members (excludes halogenated alkanes) is 4. The Balaban J connectivity index is 1.77. The lowest BCUT2D eigenvalue weighted by Crippen LogP contribution is -2.27. The maximum Gasteiger partial charge on any atom is 0.513 e. The van der Waals surface area contributed by atoms with Crippen LogP contribution in [-0.4, -0.2) is 84.5 Å². The first-order valence-electron chi connectivity index (χ1n) is 19.6. The number of fused-ring (bicyclic) bond motifs is 1. The van der Waals surface area contributed by atoms with Crippen molar-refractivity contribution in [3.8, 4) is 11.5 Å². The van der Waals surface area contributed by atoms with Gasteiger partial charge in [0.15, 0.2) is 0 Å². The third-order valence-corrected chi connectivity index (χ3v) is 7.90. The second-order valence-electron chi connectivity index (χ2n) is 16.9. The molecule has 0 atom stereocenters. The number of benzene rings is 2. The quantitative estimate of drug-likeness (QED) is 0.0451. The normalized spacial score (nSPS) is 12.3. The van der Waals surface area contributed by atoms with Crippen molar-refractivity contribution < 1.29 is 66.7 Å². The average molecular weight is 829 g/mol. The second-order valence-corrected chi connectivity index (χ2v) is 16.9. The molecule has 0 fully saturated rings. The highest BCUT2D eigenvalue weighted by Gasteiger charge is 2.25. The zero-order valence-electron chi connectivity index (χ0n) is 36.2. The largest absolute Gasteiger partial charge is 0.513 e. The van der Waals surface area contributed by atoms with E-state index in [4.69, 9.17) is 37.9 Å². The molecule has 0 aromatic heterocycles. The van der Waals surface area contributed by atoms with Gasteiger partial charge in [-0.2, -0.15) is 9.98 Å². The number of carbonyl (C=O) groups excluding carboxylic acids is 6. The van der Waals surface area contributed by atoms with Crippen LogP contribution in [0.25, 0.3) is 10.8 Å². The van der Waals surface area contributed by atoms with Crippen LogP contribution in [0, 0.1) is 6.92 Å². The summed E-state index contributed by atoms with van der Waals surface area (Å²) >= 11 is 0. The van der Waals surface area contributed by atoms with Crippen LogP contribution < -0.4 is 9.47 Å². The Morgan fingerprint density at radius 3 is 1.42 bits per heavy atom. The Morgan fingerprint density at radius 1 is 0.559 bits per heavy atom. The number of esters is 2. The van der Waals surface area contributed by atoms with Crippen molar-refractivity contribution in [1.29, 1.82) is 0 Å². The Morgan fingerprint density at radius 2 is 0.983 bits per heavy atom. The minimum atomic E-state index is -0.899. The summed E-state index contributed by atoms with van der Waals surface area (Å²) in [6, 6.07) is 8.54. The van der Waals surface area contributed by atoms with Crippen molar-refractivity contribution in [2.75, 3.05) is 13.2 Å². The van der Waals surface area contributed by atoms with Gasteiger partial charge in [-0.3, -0.25) is 0 Å². The molecule has 2 amide bonds. The average Bonchev–Trinajstić information content (AvgIpc) is 3.09. The highest BCUT2D eigenvalue weighted by atomic mass is 16.7. The van der Waals surface area contributed by atoms with Crippen LogP contribution in [0.3, 0.4) is 0 Å². The number of rotatable bonds is 18. The van der Waals surface area contributed by atoms with Gasteiger partial charge in [-0.25, -0.2) is 28.8 Å². The predicted octanol–water partition coefficient (Wildman–Crippen LogP) is 9.96. The molecule has 0 bridgehead atoms. The van der Waals surface area contributed by atoms with Gasteiger partial charge in [-0.1, -0.05) is 24.3 Å². The molecule has 16 heteroatoms. The maximum atomic E-state index is 12.7. The van der Waals surface area contributed by atoms with Crippen molar-refractivity contribution >= 4 is 59.6 Å². The molecule has 0 N–H and O–H groups in total. The summed E-state index contributed by atoms with van der Waals surface area (Å²) in [6.45, 7) is 19.1. The topological polar surface area (TPSA) is 201 Å². The number of hydrogen-bond donors (Lipinski definition) is 0. The lowest BCUT2D eigenvalue weighted by atomic mass is 10.0. The molecular weight excluding hydrogens is 768 g/mol. The highest BCUT2D eigenvalue weighted by molar-refractivity contribution is 6.25. The second kappa shape index (κ2) is 22.6. The van der Waals surface area contributed by atoms with E-state index in [2.05, 4.69) is 9.98 Å². The van der Waals surface area contributed by atoms with Gasteiger partial charge in [-0.05, 0) is 139 Å². The molecule has 0 aliphatic rings. The lowest BCUT2D eigenvalue weighted by molar-refractivity contribution is -0.146. The van der Waals surface area contributed by atoms with Gasteiger partial charge in [0.1, 0.15) is 46.3 Å². The zero-order valence-corrected chi connectivity index (χ0v) is 36.2. The number of amides is 2. The SMILES string of the molecule is Cc1cc(OC(=O)OCCCCCC(C)(C)OC(=O)N=CC(=O)OC(C)(C)C)c2ccccc2c1OC(=O)OCCCCCC(C)(C)OC(=O)N=CC(=O)OC(C)(C)C. The fourth-order valence-corrected chi connectivity index (χ4v) is 5.36. The summed E-state index contributed by atoms with van der Waals surface area (Å²) in [6.07, 6.45) is 2.75. The molecular formula is C43H60N2O14. The maximum absolute atomic E-state index is 12.7. The van der Waals surface area contributed by atoms with Gasteiger partial charge in [0.05, 0.1) is 13.2 Å². The first kappa shape index (κ1) is 49.6. The third-order valence-electron chi connectivity index (χ3n) is 7.90. The van der Waals surface area contributed by atoms with Crippen molar-refractivity contribution in [3.63, 3.8) is 0 Å². The molecule has 2 rings (SSSR count). The number of aryl methyl sites for hydroxylation is 1. The van der Waals surface area contributed by atoms with Crippen LogP contribution in [0.15, 0.2) is 40.3 Å². The monoisotopic (exact) mass is 828 g/mol. The zero-order chi connectivity index (χ0) is 44.4. The Bertz CT molecular complexity index is 1830. The van der Waals surface area contributed by atoms with Crippen molar-refractivity contribution in [1.82, 2.24) is 0 Å². The number of aliphatic imine (C=N–C) groups is 2. The lowest BCUT2D eigenvalue weighted by Gasteiger charge is -2.23. The number of nitrogens with zero attached hydrogens (tertiary/aromatic N) is 2. The van der Waals surface area contributed by atoms with Crippen LogP contribution >= 0.6 is 0 Å². The minimum Gasteiger partial charge on any atom is -0.456 e. The van der Waals surface area contributed by atoms with Gasteiger partial charge in [0.25, 0.3) is 0 Å². The number of ether oxygens (including phenoxy) is 8. The van der Waals surface area contributed by atoms with E-state index in [1.165, 1.54) is 0 Å². The van der Waals surface area contributed by atoms with Crippen LogP contribution in [0.2, 0.25) is 0 Å². The van der Waals surface area contributed by atoms with Crippen molar-refractivity contribution in [2.24, 2.45) is 9.98 Å². The van der Waals surface area contributed by atoms with Crippen LogP contribution in [0.1, 0.15) is 126 Å². The molecule has 0 aliphatic carbocycles. The molecule has 0 aliphatic heterocycles. The molecule has 59 heavy (non-hydrogen) atoms. The Hall–Kier alpha value is -5.54. The minimum absolute atomic E-state index is 0.0981. The fourth-order valence-electron chi connectivity index (χ4n) is 5.36.